The van der Waals surface area contributed by atoms with Gasteiger partial charge in [0, 0.05) is 36.2 Å². The molecule has 2 N–H and O–H groups in total. The van der Waals surface area contributed by atoms with Crippen LogP contribution in [0.5, 0.6) is 0 Å². The summed E-state index contributed by atoms with van der Waals surface area (Å²) in [4.78, 5) is 36.6. The van der Waals surface area contributed by atoms with Gasteiger partial charge in [0.15, 0.2) is 0 Å². The van der Waals surface area contributed by atoms with Crippen molar-refractivity contribution < 1.29 is 23.5 Å². The highest BCUT2D eigenvalue weighted by atomic mass is 19.1. The molecule has 176 valence electrons. The summed E-state index contributed by atoms with van der Waals surface area (Å²) in [5, 5.41) is 5.81. The molecule has 3 amide bonds. The van der Waals surface area contributed by atoms with Crippen LogP contribution in [0, 0.1) is 18.7 Å². The molecule has 4 rings (SSSR count). The molecule has 3 aliphatic rings. The van der Waals surface area contributed by atoms with E-state index >= 15 is 0 Å². The van der Waals surface area contributed by atoms with Crippen molar-refractivity contribution in [3.05, 3.63) is 34.6 Å². The molecule has 0 bridgehead atoms. The molecule has 7 nitrogen and oxygen atoms in total. The number of ether oxygens (including phenoxy) is 1. The second-order valence-electron chi connectivity index (χ2n) is 9.24. The number of hydrogen-bond donors (Lipinski definition) is 2. The maximum Gasteiger partial charge on any atom is 0.255 e. The van der Waals surface area contributed by atoms with Gasteiger partial charge < -0.3 is 15.0 Å². The zero-order valence-electron chi connectivity index (χ0n) is 19.4. The molecule has 3 aliphatic heterocycles. The number of imide groups is 1. The Labute approximate surface area is 189 Å². The highest BCUT2D eigenvalue weighted by Gasteiger charge is 2.40. The van der Waals surface area contributed by atoms with Crippen LogP contribution in [-0.4, -0.2) is 54.0 Å². The quantitative estimate of drug-likeness (QED) is 0.693. The number of amides is 3. The highest BCUT2D eigenvalue weighted by molar-refractivity contribution is 6.05. The molecular weight excluding hydrogens is 413 g/mol. The topological polar surface area (TPSA) is 87.7 Å². The Morgan fingerprint density at radius 2 is 1.94 bits per heavy atom. The lowest BCUT2D eigenvalue weighted by atomic mass is 10.0. The van der Waals surface area contributed by atoms with Gasteiger partial charge in [-0.2, -0.15) is 0 Å². The van der Waals surface area contributed by atoms with Gasteiger partial charge in [0.25, 0.3) is 5.91 Å². The molecule has 32 heavy (non-hydrogen) atoms. The number of aryl methyl sites for hydroxylation is 1. The van der Waals surface area contributed by atoms with Crippen LogP contribution < -0.4 is 10.6 Å². The molecule has 0 aliphatic carbocycles. The molecule has 3 unspecified atom stereocenters. The van der Waals surface area contributed by atoms with E-state index in [-0.39, 0.29) is 31.2 Å². The summed E-state index contributed by atoms with van der Waals surface area (Å²) < 4.78 is 19.4. The Hall–Kier alpha value is -2.32. The summed E-state index contributed by atoms with van der Waals surface area (Å²) in [5.74, 6) is -0.858. The second kappa shape index (κ2) is 10.5. The average molecular weight is 448 g/mol. The highest BCUT2D eigenvalue weighted by Crippen LogP contribution is 2.30. The van der Waals surface area contributed by atoms with E-state index in [4.69, 9.17) is 4.74 Å². The maximum atomic E-state index is 14.0. The van der Waals surface area contributed by atoms with Gasteiger partial charge in [-0.05, 0) is 50.7 Å². The van der Waals surface area contributed by atoms with E-state index in [2.05, 4.69) is 31.4 Å². The van der Waals surface area contributed by atoms with Gasteiger partial charge in [-0.25, -0.2) is 4.39 Å². The molecule has 2 saturated heterocycles. The van der Waals surface area contributed by atoms with Crippen LogP contribution in [0.1, 0.15) is 67.9 Å². The fraction of sp³-hybridized carbons (Fsp3) is 0.625. The van der Waals surface area contributed by atoms with Gasteiger partial charge in [-0.3, -0.25) is 19.7 Å². The van der Waals surface area contributed by atoms with Crippen molar-refractivity contribution in [3.63, 3.8) is 0 Å². The molecular formula is C24H34FN3O4. The van der Waals surface area contributed by atoms with Crippen molar-refractivity contribution in [1.82, 2.24) is 15.5 Å². The van der Waals surface area contributed by atoms with Gasteiger partial charge in [0.05, 0.1) is 13.2 Å². The van der Waals surface area contributed by atoms with Gasteiger partial charge >= 0.3 is 0 Å². The van der Waals surface area contributed by atoms with Crippen molar-refractivity contribution >= 4 is 17.7 Å². The lowest BCUT2D eigenvalue weighted by molar-refractivity contribution is -0.136. The first-order valence-electron chi connectivity index (χ1n) is 11.5. The summed E-state index contributed by atoms with van der Waals surface area (Å²) in [5.41, 5.74) is 1.11. The number of hydrogen-bond acceptors (Lipinski definition) is 5. The van der Waals surface area contributed by atoms with Gasteiger partial charge in [0.1, 0.15) is 11.9 Å². The third kappa shape index (κ3) is 5.53. The minimum Gasteiger partial charge on any atom is -0.380 e. The SMILES string of the molecule is CC(C)C(C)NC1CCCOC1.Cc1ccc2c(c1F)CN(C1CCC(=O)NC1=O)C2=O. The van der Waals surface area contributed by atoms with Crippen LogP contribution >= 0.6 is 0 Å². The van der Waals surface area contributed by atoms with Crippen LogP contribution in [0.15, 0.2) is 12.1 Å². The smallest absolute Gasteiger partial charge is 0.255 e. The lowest BCUT2D eigenvalue weighted by Gasteiger charge is -2.29. The number of carbonyl (C=O) groups excluding carboxylic acids is 3. The van der Waals surface area contributed by atoms with E-state index in [9.17, 15) is 18.8 Å². The van der Waals surface area contributed by atoms with E-state index in [1.807, 2.05) is 0 Å². The standard InChI is InChI=1S/C14H13FN2O3.C10H21NO/c1-7-2-3-8-9(12(7)15)6-17(14(8)20)10-4-5-11(18)16-13(10)19;1-8(2)9(3)11-10-5-4-6-12-7-10/h2-3,10H,4-6H2,1H3,(H,16,18,19);8-11H,4-7H2,1-3H3. The number of rotatable bonds is 4. The van der Waals surface area contributed by atoms with Crippen LogP contribution in [0.3, 0.4) is 0 Å². The van der Waals surface area contributed by atoms with Crippen molar-refractivity contribution in [2.75, 3.05) is 13.2 Å². The Kier molecular flexibility index (Phi) is 8.00. The molecule has 0 aromatic heterocycles. The molecule has 0 spiro atoms. The zero-order valence-corrected chi connectivity index (χ0v) is 19.4. The van der Waals surface area contributed by atoms with Crippen molar-refractivity contribution in [2.45, 2.75) is 78.0 Å². The summed E-state index contributed by atoms with van der Waals surface area (Å²) in [6.07, 6.45) is 2.96. The Morgan fingerprint density at radius 3 is 2.56 bits per heavy atom. The molecule has 0 saturated carbocycles. The zero-order chi connectivity index (χ0) is 23.4. The van der Waals surface area contributed by atoms with Crippen LogP contribution in [-0.2, 0) is 20.9 Å². The minimum absolute atomic E-state index is 0.0773. The predicted octanol–water partition coefficient (Wildman–Crippen LogP) is 2.69. The van der Waals surface area contributed by atoms with Crippen molar-refractivity contribution in [1.29, 1.82) is 0 Å². The molecule has 2 fully saturated rings. The Morgan fingerprint density at radius 1 is 1.19 bits per heavy atom. The number of halogens is 1. The summed E-state index contributed by atoms with van der Waals surface area (Å²) in [6, 6.07) is 3.64. The fourth-order valence-corrected chi connectivity index (χ4v) is 4.16. The molecule has 1 aromatic rings. The molecule has 3 atom stereocenters. The first-order chi connectivity index (χ1) is 15.2. The number of carbonyl (C=O) groups is 3. The average Bonchev–Trinajstić information content (AvgIpc) is 3.09. The third-order valence-electron chi connectivity index (χ3n) is 6.50. The number of benzene rings is 1. The van der Waals surface area contributed by atoms with Crippen LogP contribution in [0.4, 0.5) is 4.39 Å². The number of nitrogens with zero attached hydrogens (tertiary/aromatic N) is 1. The van der Waals surface area contributed by atoms with E-state index in [1.54, 1.807) is 19.1 Å². The molecule has 0 radical (unpaired) electrons. The largest absolute Gasteiger partial charge is 0.380 e. The second-order valence-corrected chi connectivity index (χ2v) is 9.24. The van der Waals surface area contributed by atoms with E-state index < -0.39 is 17.8 Å². The summed E-state index contributed by atoms with van der Waals surface area (Å²) >= 11 is 0. The predicted molar refractivity (Wildman–Crippen MR) is 118 cm³/mol. The first kappa shape index (κ1) is 24.3. The third-order valence-corrected chi connectivity index (χ3v) is 6.50. The number of nitrogens with one attached hydrogen (secondary N) is 2. The van der Waals surface area contributed by atoms with Gasteiger partial charge in [-0.15, -0.1) is 0 Å². The first-order valence-corrected chi connectivity index (χ1v) is 11.5. The minimum atomic E-state index is -0.702. The van der Waals surface area contributed by atoms with Crippen LogP contribution in [0.25, 0.3) is 0 Å². The van der Waals surface area contributed by atoms with E-state index in [1.165, 1.54) is 17.7 Å². The summed E-state index contributed by atoms with van der Waals surface area (Å²) in [6.45, 7) is 10.3. The molecule has 8 heteroatoms. The maximum absolute atomic E-state index is 14.0. The number of piperidine rings is 1. The molecule has 3 heterocycles. The van der Waals surface area contributed by atoms with E-state index in [0.29, 0.717) is 34.7 Å². The lowest BCUT2D eigenvalue weighted by Crippen LogP contribution is -2.52. The Bertz CT molecular complexity index is 867. The van der Waals surface area contributed by atoms with Crippen LogP contribution in [0.2, 0.25) is 0 Å². The van der Waals surface area contributed by atoms with Gasteiger partial charge in [0.2, 0.25) is 11.8 Å². The normalized spacial score (nSPS) is 24.1. The van der Waals surface area contributed by atoms with Crippen molar-refractivity contribution in [2.24, 2.45) is 5.92 Å². The van der Waals surface area contributed by atoms with Gasteiger partial charge in [-0.1, -0.05) is 19.9 Å². The van der Waals surface area contributed by atoms with Crippen molar-refractivity contribution in [3.8, 4) is 0 Å². The summed E-state index contributed by atoms with van der Waals surface area (Å²) in [7, 11) is 0. The monoisotopic (exact) mass is 447 g/mol. The number of fused-ring (bicyclic) bond motifs is 1. The molecule has 1 aromatic carbocycles. The Balaban J connectivity index is 0.000000207. The fourth-order valence-electron chi connectivity index (χ4n) is 4.16. The van der Waals surface area contributed by atoms with E-state index in [0.717, 1.165) is 13.2 Å².